The number of hydrogen-bond acceptors (Lipinski definition) is 4. The fourth-order valence-electron chi connectivity index (χ4n) is 2.60. The highest BCUT2D eigenvalue weighted by Crippen LogP contribution is 2.37. The van der Waals surface area contributed by atoms with Crippen LogP contribution in [0.5, 0.6) is 0 Å². The maximum atomic E-state index is 6.04. The van der Waals surface area contributed by atoms with E-state index in [4.69, 9.17) is 4.74 Å². The summed E-state index contributed by atoms with van der Waals surface area (Å²) in [5.74, 6) is 0.925. The molecule has 96 valence electrons. The third kappa shape index (κ3) is 3.04. The Hall–Kier alpha value is -0.940. The predicted molar refractivity (Wildman–Crippen MR) is 65.7 cm³/mol. The molecule has 1 saturated heterocycles. The molecule has 0 unspecified atom stereocenters. The van der Waals surface area contributed by atoms with Crippen LogP contribution >= 0.6 is 0 Å². The average Bonchev–Trinajstić information content (AvgIpc) is 2.72. The van der Waals surface area contributed by atoms with Crippen LogP contribution in [-0.4, -0.2) is 39.0 Å². The molecular formula is C12H22N4O. The van der Waals surface area contributed by atoms with E-state index in [1.54, 1.807) is 6.33 Å². The van der Waals surface area contributed by atoms with Gasteiger partial charge in [0.25, 0.3) is 0 Å². The Bertz CT molecular complexity index is 359. The molecule has 1 aromatic rings. The fourth-order valence-corrected chi connectivity index (χ4v) is 2.60. The summed E-state index contributed by atoms with van der Waals surface area (Å²) in [7, 11) is 0. The first-order valence-corrected chi connectivity index (χ1v) is 6.17. The molecule has 0 aromatic carbocycles. The Balaban J connectivity index is 1.83. The second kappa shape index (κ2) is 4.38. The molecule has 0 saturated carbocycles. The zero-order valence-electron chi connectivity index (χ0n) is 11.1. The van der Waals surface area contributed by atoms with Crippen molar-refractivity contribution >= 4 is 0 Å². The maximum Gasteiger partial charge on any atom is 0.137 e. The quantitative estimate of drug-likeness (QED) is 0.829. The van der Waals surface area contributed by atoms with Crippen molar-refractivity contribution in [2.24, 2.45) is 0 Å². The Morgan fingerprint density at radius 1 is 1.47 bits per heavy atom. The van der Waals surface area contributed by atoms with E-state index in [1.807, 2.05) is 0 Å². The van der Waals surface area contributed by atoms with Crippen LogP contribution in [0, 0.1) is 0 Å². The van der Waals surface area contributed by atoms with Crippen LogP contribution in [-0.2, 0) is 11.2 Å². The van der Waals surface area contributed by atoms with Gasteiger partial charge in [0.05, 0.1) is 11.2 Å². The van der Waals surface area contributed by atoms with Crippen LogP contribution in [0.3, 0.4) is 0 Å². The fraction of sp³-hybridized carbons (Fsp3) is 0.833. The van der Waals surface area contributed by atoms with Gasteiger partial charge < -0.3 is 10.1 Å². The number of nitrogens with one attached hydrogen (secondary N) is 2. The maximum absolute atomic E-state index is 6.04. The largest absolute Gasteiger partial charge is 0.368 e. The number of rotatable bonds is 4. The number of hydrogen-bond donors (Lipinski definition) is 2. The highest BCUT2D eigenvalue weighted by Gasteiger charge is 2.45. The highest BCUT2D eigenvalue weighted by molar-refractivity contribution is 4.99. The van der Waals surface area contributed by atoms with Crippen molar-refractivity contribution in [1.29, 1.82) is 0 Å². The van der Waals surface area contributed by atoms with E-state index in [1.165, 1.54) is 0 Å². The number of aromatic nitrogens is 3. The smallest absolute Gasteiger partial charge is 0.137 e. The van der Waals surface area contributed by atoms with E-state index < -0.39 is 0 Å². The minimum atomic E-state index is -0.106. The monoisotopic (exact) mass is 238 g/mol. The van der Waals surface area contributed by atoms with Gasteiger partial charge in [-0.25, -0.2) is 4.98 Å². The summed E-state index contributed by atoms with van der Waals surface area (Å²) in [5, 5.41) is 10.3. The van der Waals surface area contributed by atoms with Gasteiger partial charge in [-0.15, -0.1) is 0 Å². The molecule has 0 bridgehead atoms. The Morgan fingerprint density at radius 2 is 2.24 bits per heavy atom. The number of H-pyrrole nitrogens is 1. The average molecular weight is 238 g/mol. The number of aromatic amines is 1. The minimum Gasteiger partial charge on any atom is -0.368 e. The molecule has 0 spiro atoms. The summed E-state index contributed by atoms with van der Waals surface area (Å²) in [6, 6.07) is 0.389. The standard InChI is InChI=1S/C12H22N4O/c1-11(2)7-9(12(3,4)17-11)13-6-5-10-14-8-15-16-10/h8-9,13H,5-7H2,1-4H3,(H,14,15,16)/t9-/m0/s1. The van der Waals surface area contributed by atoms with E-state index >= 15 is 0 Å². The van der Waals surface area contributed by atoms with Crippen LogP contribution < -0.4 is 5.32 Å². The van der Waals surface area contributed by atoms with E-state index in [2.05, 4.69) is 48.2 Å². The molecule has 1 aliphatic rings. The lowest BCUT2D eigenvalue weighted by atomic mass is 9.94. The molecule has 1 aromatic heterocycles. The molecule has 0 radical (unpaired) electrons. The van der Waals surface area contributed by atoms with Gasteiger partial charge >= 0.3 is 0 Å². The van der Waals surface area contributed by atoms with Crippen molar-refractivity contribution in [2.75, 3.05) is 6.54 Å². The van der Waals surface area contributed by atoms with E-state index in [0.717, 1.165) is 25.2 Å². The Morgan fingerprint density at radius 3 is 2.76 bits per heavy atom. The molecule has 1 aliphatic heterocycles. The summed E-state index contributed by atoms with van der Waals surface area (Å²) in [4.78, 5) is 4.11. The molecule has 17 heavy (non-hydrogen) atoms. The molecule has 1 atom stereocenters. The van der Waals surface area contributed by atoms with Gasteiger partial charge in [-0.3, -0.25) is 5.10 Å². The lowest BCUT2D eigenvalue weighted by molar-refractivity contribution is -0.0697. The zero-order chi connectivity index (χ0) is 12.5. The van der Waals surface area contributed by atoms with E-state index in [9.17, 15) is 0 Å². The number of ether oxygens (including phenoxy) is 1. The summed E-state index contributed by atoms with van der Waals surface area (Å²) < 4.78 is 6.04. The van der Waals surface area contributed by atoms with Gasteiger partial charge in [-0.05, 0) is 34.1 Å². The van der Waals surface area contributed by atoms with Crippen molar-refractivity contribution in [3.63, 3.8) is 0 Å². The lowest BCUT2D eigenvalue weighted by Crippen LogP contribution is -2.44. The summed E-state index contributed by atoms with van der Waals surface area (Å²) in [5.41, 5.74) is -0.141. The van der Waals surface area contributed by atoms with Crippen LogP contribution in [0.15, 0.2) is 6.33 Å². The lowest BCUT2D eigenvalue weighted by Gasteiger charge is -2.27. The molecule has 1 fully saturated rings. The van der Waals surface area contributed by atoms with Crippen LogP contribution in [0.2, 0.25) is 0 Å². The van der Waals surface area contributed by atoms with Crippen molar-refractivity contribution in [3.8, 4) is 0 Å². The predicted octanol–water partition coefficient (Wildman–Crippen LogP) is 1.28. The first-order chi connectivity index (χ1) is 7.89. The summed E-state index contributed by atoms with van der Waals surface area (Å²) >= 11 is 0. The third-order valence-electron chi connectivity index (χ3n) is 3.29. The molecule has 0 amide bonds. The molecule has 2 heterocycles. The molecule has 0 aliphatic carbocycles. The van der Waals surface area contributed by atoms with Gasteiger partial charge in [-0.2, -0.15) is 5.10 Å². The Labute approximate surface area is 102 Å². The number of nitrogens with zero attached hydrogens (tertiary/aromatic N) is 2. The van der Waals surface area contributed by atoms with Crippen molar-refractivity contribution in [3.05, 3.63) is 12.2 Å². The van der Waals surface area contributed by atoms with Crippen molar-refractivity contribution in [1.82, 2.24) is 20.5 Å². The van der Waals surface area contributed by atoms with Crippen molar-refractivity contribution < 1.29 is 4.74 Å². The SMILES string of the molecule is CC1(C)C[C@H](NCCc2ncn[nH]2)C(C)(C)O1. The Kier molecular flexibility index (Phi) is 3.23. The second-order valence-electron chi connectivity index (χ2n) is 5.86. The van der Waals surface area contributed by atoms with E-state index in [-0.39, 0.29) is 11.2 Å². The van der Waals surface area contributed by atoms with Gasteiger partial charge in [0.2, 0.25) is 0 Å². The molecular weight excluding hydrogens is 216 g/mol. The summed E-state index contributed by atoms with van der Waals surface area (Å²) in [6.07, 6.45) is 3.45. The van der Waals surface area contributed by atoms with Crippen LogP contribution in [0.25, 0.3) is 0 Å². The zero-order valence-corrected chi connectivity index (χ0v) is 11.1. The van der Waals surface area contributed by atoms with Gasteiger partial charge in [0, 0.05) is 19.0 Å². The first-order valence-electron chi connectivity index (χ1n) is 6.17. The topological polar surface area (TPSA) is 62.8 Å². The molecule has 2 N–H and O–H groups in total. The normalized spacial score (nSPS) is 26.2. The molecule has 5 nitrogen and oxygen atoms in total. The van der Waals surface area contributed by atoms with Gasteiger partial charge in [0.1, 0.15) is 12.2 Å². The third-order valence-corrected chi connectivity index (χ3v) is 3.29. The second-order valence-corrected chi connectivity index (χ2v) is 5.86. The van der Waals surface area contributed by atoms with E-state index in [0.29, 0.717) is 6.04 Å². The molecule has 5 heteroatoms. The van der Waals surface area contributed by atoms with Crippen LogP contribution in [0.1, 0.15) is 39.9 Å². The first kappa shape index (κ1) is 12.5. The van der Waals surface area contributed by atoms with Crippen molar-refractivity contribution in [2.45, 2.75) is 57.8 Å². The minimum absolute atomic E-state index is 0.0343. The van der Waals surface area contributed by atoms with Gasteiger partial charge in [0.15, 0.2) is 0 Å². The molecule has 2 rings (SSSR count). The highest BCUT2D eigenvalue weighted by atomic mass is 16.5. The van der Waals surface area contributed by atoms with Crippen LogP contribution in [0.4, 0.5) is 0 Å². The summed E-state index contributed by atoms with van der Waals surface area (Å²) in [6.45, 7) is 9.48. The van der Waals surface area contributed by atoms with Gasteiger partial charge in [-0.1, -0.05) is 0 Å².